The van der Waals surface area contributed by atoms with Gasteiger partial charge in [0.15, 0.2) is 5.69 Å². The van der Waals surface area contributed by atoms with Crippen LogP contribution in [0.5, 0.6) is 0 Å². The molecule has 0 atom stereocenters. The molecule has 0 spiro atoms. The van der Waals surface area contributed by atoms with E-state index in [9.17, 15) is 4.79 Å². The lowest BCUT2D eigenvalue weighted by atomic mass is 10.4. The number of carboxylic acids is 1. The van der Waals surface area contributed by atoms with Crippen LogP contribution in [-0.2, 0) is 5.75 Å². The molecule has 0 fully saturated rings. The topological polar surface area (TPSA) is 102 Å². The van der Waals surface area contributed by atoms with Crippen molar-refractivity contribution >= 4 is 23.4 Å². The fourth-order valence-corrected chi connectivity index (χ4v) is 1.82. The van der Waals surface area contributed by atoms with E-state index in [1.807, 2.05) is 0 Å². The van der Waals surface area contributed by atoms with Gasteiger partial charge in [-0.3, -0.25) is 0 Å². The molecule has 7 heteroatoms. The van der Waals surface area contributed by atoms with Crippen molar-refractivity contribution in [3.63, 3.8) is 0 Å². The van der Waals surface area contributed by atoms with E-state index in [0.29, 0.717) is 17.2 Å². The summed E-state index contributed by atoms with van der Waals surface area (Å²) in [5.74, 6) is -0.140. The van der Waals surface area contributed by atoms with Crippen molar-refractivity contribution in [2.24, 2.45) is 0 Å². The fourth-order valence-electron chi connectivity index (χ4n) is 1.10. The monoisotopic (exact) mass is 251 g/mol. The van der Waals surface area contributed by atoms with E-state index in [-0.39, 0.29) is 5.69 Å². The Morgan fingerprint density at radius 1 is 1.53 bits per heavy atom. The minimum absolute atomic E-state index is 0.0918. The highest BCUT2D eigenvalue weighted by Gasteiger charge is 2.10. The first kappa shape index (κ1) is 11.5. The molecule has 0 aliphatic rings. The normalized spacial score (nSPS) is 10.4. The summed E-state index contributed by atoms with van der Waals surface area (Å²) in [6.45, 7) is 0. The van der Waals surface area contributed by atoms with Crippen LogP contribution in [0.2, 0.25) is 0 Å². The van der Waals surface area contributed by atoms with Crippen LogP contribution < -0.4 is 5.73 Å². The number of pyridine rings is 1. The van der Waals surface area contributed by atoms with E-state index in [0.717, 1.165) is 5.03 Å². The lowest BCUT2D eigenvalue weighted by molar-refractivity contribution is 0.0685. The van der Waals surface area contributed by atoms with Crippen LogP contribution in [0.3, 0.4) is 0 Å². The number of aromatic nitrogens is 2. The number of thioether (sulfide) groups is 1. The Morgan fingerprint density at radius 2 is 2.35 bits per heavy atom. The molecule has 6 nitrogen and oxygen atoms in total. The zero-order valence-corrected chi connectivity index (χ0v) is 9.48. The maximum absolute atomic E-state index is 10.6. The molecule has 0 aromatic carbocycles. The second kappa shape index (κ2) is 4.88. The van der Waals surface area contributed by atoms with Gasteiger partial charge in [0.2, 0.25) is 0 Å². The molecule has 0 bridgehead atoms. The van der Waals surface area contributed by atoms with Gasteiger partial charge in [0, 0.05) is 6.07 Å². The van der Waals surface area contributed by atoms with Gasteiger partial charge in [-0.05, 0) is 12.1 Å². The first-order valence-corrected chi connectivity index (χ1v) is 5.67. The summed E-state index contributed by atoms with van der Waals surface area (Å²) in [5.41, 5.74) is 6.01. The quantitative estimate of drug-likeness (QED) is 0.796. The van der Waals surface area contributed by atoms with Crippen LogP contribution in [0.25, 0.3) is 0 Å². The summed E-state index contributed by atoms with van der Waals surface area (Å²) in [6, 6.07) is 4.93. The molecule has 0 radical (unpaired) electrons. The number of nitrogens with two attached hydrogens (primary N) is 1. The number of rotatable bonds is 4. The Bertz CT molecular complexity index is 524. The number of hydrogen-bond acceptors (Lipinski definition) is 6. The lowest BCUT2D eigenvalue weighted by Gasteiger charge is -1.97. The average Bonchev–Trinajstić information content (AvgIpc) is 2.77. The minimum atomic E-state index is -1.10. The van der Waals surface area contributed by atoms with Crippen LogP contribution in [0.15, 0.2) is 33.9 Å². The summed E-state index contributed by atoms with van der Waals surface area (Å²) in [5, 5.41) is 12.9. The largest absolute Gasteiger partial charge is 0.476 e. The molecule has 2 heterocycles. The first-order valence-electron chi connectivity index (χ1n) is 4.68. The van der Waals surface area contributed by atoms with Gasteiger partial charge in [-0.25, -0.2) is 9.78 Å². The molecule has 17 heavy (non-hydrogen) atoms. The van der Waals surface area contributed by atoms with Crippen molar-refractivity contribution in [1.29, 1.82) is 0 Å². The van der Waals surface area contributed by atoms with Crippen molar-refractivity contribution < 1.29 is 14.4 Å². The van der Waals surface area contributed by atoms with Crippen LogP contribution in [0, 0.1) is 0 Å². The van der Waals surface area contributed by atoms with Gasteiger partial charge in [0.05, 0.1) is 22.7 Å². The predicted molar refractivity (Wildman–Crippen MR) is 61.7 cm³/mol. The van der Waals surface area contributed by atoms with E-state index in [4.69, 9.17) is 15.4 Å². The summed E-state index contributed by atoms with van der Waals surface area (Å²) >= 11 is 1.41. The molecule has 88 valence electrons. The zero-order valence-electron chi connectivity index (χ0n) is 8.66. The molecule has 0 unspecified atom stereocenters. The van der Waals surface area contributed by atoms with Gasteiger partial charge in [0.25, 0.3) is 0 Å². The van der Waals surface area contributed by atoms with Gasteiger partial charge in [-0.2, -0.15) is 0 Å². The van der Waals surface area contributed by atoms with E-state index >= 15 is 0 Å². The Balaban J connectivity index is 1.97. The average molecular weight is 251 g/mol. The molecule has 2 aromatic heterocycles. The molecule has 0 saturated heterocycles. The van der Waals surface area contributed by atoms with Crippen LogP contribution >= 0.6 is 11.8 Å². The SMILES string of the molecule is Nc1ccc(SCc2cc(C(=O)O)no2)nc1. The molecular formula is C10H9N3O3S. The minimum Gasteiger partial charge on any atom is -0.476 e. The van der Waals surface area contributed by atoms with Gasteiger partial charge in [-0.1, -0.05) is 16.9 Å². The van der Waals surface area contributed by atoms with E-state index in [2.05, 4.69) is 10.1 Å². The summed E-state index contributed by atoms with van der Waals surface area (Å²) in [7, 11) is 0. The third-order valence-corrected chi connectivity index (χ3v) is 2.87. The highest BCUT2D eigenvalue weighted by atomic mass is 32.2. The molecule has 0 aliphatic heterocycles. The highest BCUT2D eigenvalue weighted by Crippen LogP contribution is 2.21. The van der Waals surface area contributed by atoms with Gasteiger partial charge in [0.1, 0.15) is 5.76 Å². The maximum Gasteiger partial charge on any atom is 0.358 e. The van der Waals surface area contributed by atoms with Crippen molar-refractivity contribution in [1.82, 2.24) is 10.1 Å². The van der Waals surface area contributed by atoms with E-state index in [1.54, 1.807) is 18.3 Å². The third-order valence-electron chi connectivity index (χ3n) is 1.90. The lowest BCUT2D eigenvalue weighted by Crippen LogP contribution is -1.94. The van der Waals surface area contributed by atoms with Gasteiger partial charge >= 0.3 is 5.97 Å². The summed E-state index contributed by atoms with van der Waals surface area (Å²) in [6.07, 6.45) is 1.56. The second-order valence-corrected chi connectivity index (χ2v) is 4.20. The Morgan fingerprint density at radius 3 is 2.94 bits per heavy atom. The van der Waals surface area contributed by atoms with Crippen molar-refractivity contribution in [3.8, 4) is 0 Å². The van der Waals surface area contributed by atoms with E-state index < -0.39 is 5.97 Å². The highest BCUT2D eigenvalue weighted by molar-refractivity contribution is 7.98. The van der Waals surface area contributed by atoms with Crippen LogP contribution in [-0.4, -0.2) is 21.2 Å². The Kier molecular flexibility index (Phi) is 3.29. The molecular weight excluding hydrogens is 242 g/mol. The Labute approximate surface area is 101 Å². The number of hydrogen-bond donors (Lipinski definition) is 2. The molecule has 2 rings (SSSR count). The van der Waals surface area contributed by atoms with E-state index in [1.165, 1.54) is 17.8 Å². The summed E-state index contributed by atoms with van der Waals surface area (Å²) < 4.78 is 4.87. The molecule has 3 N–H and O–H groups in total. The van der Waals surface area contributed by atoms with Gasteiger partial charge < -0.3 is 15.4 Å². The standard InChI is InChI=1S/C10H9N3O3S/c11-6-1-2-9(12-4-6)17-5-7-3-8(10(14)15)13-16-7/h1-4H,5,11H2,(H,14,15). The first-order chi connectivity index (χ1) is 8.15. The van der Waals surface area contributed by atoms with Crippen molar-refractivity contribution in [2.75, 3.05) is 5.73 Å². The number of anilines is 1. The number of carboxylic acid groups (broad SMARTS) is 1. The second-order valence-electron chi connectivity index (χ2n) is 3.20. The molecule has 0 aliphatic carbocycles. The van der Waals surface area contributed by atoms with Crippen LogP contribution in [0.4, 0.5) is 5.69 Å². The van der Waals surface area contributed by atoms with Gasteiger partial charge in [-0.15, -0.1) is 0 Å². The number of carbonyl (C=O) groups is 1. The molecule has 2 aromatic rings. The zero-order chi connectivity index (χ0) is 12.3. The smallest absolute Gasteiger partial charge is 0.358 e. The third kappa shape index (κ3) is 2.97. The van der Waals surface area contributed by atoms with Crippen molar-refractivity contribution in [3.05, 3.63) is 35.9 Å². The number of nitrogen functional groups attached to an aromatic ring is 1. The predicted octanol–water partition coefficient (Wildman–Crippen LogP) is 1.64. The molecule has 0 saturated carbocycles. The summed E-state index contributed by atoms with van der Waals surface area (Å²) in [4.78, 5) is 14.7. The van der Waals surface area contributed by atoms with Crippen LogP contribution in [0.1, 0.15) is 16.2 Å². The number of nitrogens with zero attached hydrogens (tertiary/aromatic N) is 2. The Hall–Kier alpha value is -2.02. The maximum atomic E-state index is 10.6. The fraction of sp³-hybridized carbons (Fsp3) is 0.100. The number of aromatic carboxylic acids is 1. The molecule has 0 amide bonds. The van der Waals surface area contributed by atoms with Crippen molar-refractivity contribution in [2.45, 2.75) is 10.8 Å².